The number of hydrogen-bond donors (Lipinski definition) is 0. The molecule has 0 spiro atoms. The first-order valence-electron chi connectivity index (χ1n) is 8.16. The number of amides is 2. The highest BCUT2D eigenvalue weighted by Crippen LogP contribution is 2.25. The summed E-state index contributed by atoms with van der Waals surface area (Å²) in [7, 11) is -4.09. The van der Waals surface area contributed by atoms with Gasteiger partial charge in [-0.1, -0.05) is 6.07 Å². The minimum absolute atomic E-state index is 0.0714. The fraction of sp³-hybridized carbons (Fsp3) is 0.278. The van der Waals surface area contributed by atoms with Gasteiger partial charge in [-0.3, -0.25) is 4.90 Å². The highest BCUT2D eigenvalue weighted by Gasteiger charge is 2.31. The van der Waals surface area contributed by atoms with Crippen molar-refractivity contribution in [3.63, 3.8) is 0 Å². The van der Waals surface area contributed by atoms with Gasteiger partial charge in [0.15, 0.2) is 0 Å². The van der Waals surface area contributed by atoms with Crippen LogP contribution in [0.3, 0.4) is 0 Å². The van der Waals surface area contributed by atoms with Gasteiger partial charge in [-0.05, 0) is 50.2 Å². The molecule has 0 N–H and O–H groups in total. The molecule has 0 aromatic heterocycles. The SMILES string of the molecule is CC(C)N1CCN(c2ccc(S(=O)(=O)Oc3cccc(F)c3)cc2)C1=O. The van der Waals surface area contributed by atoms with E-state index in [1.807, 2.05) is 13.8 Å². The van der Waals surface area contributed by atoms with Crippen LogP contribution in [0.1, 0.15) is 13.8 Å². The Hall–Kier alpha value is -2.61. The summed E-state index contributed by atoms with van der Waals surface area (Å²) in [6.07, 6.45) is 0. The molecule has 1 fully saturated rings. The lowest BCUT2D eigenvalue weighted by Gasteiger charge is -2.21. The van der Waals surface area contributed by atoms with Crippen molar-refractivity contribution in [1.29, 1.82) is 0 Å². The number of anilines is 1. The molecular formula is C18H19FN2O4S. The monoisotopic (exact) mass is 378 g/mol. The van der Waals surface area contributed by atoms with Gasteiger partial charge in [-0.25, -0.2) is 9.18 Å². The van der Waals surface area contributed by atoms with Crippen molar-refractivity contribution in [1.82, 2.24) is 4.90 Å². The molecule has 26 heavy (non-hydrogen) atoms. The quantitative estimate of drug-likeness (QED) is 0.749. The second-order valence-corrected chi connectivity index (χ2v) is 7.76. The third kappa shape index (κ3) is 3.65. The zero-order chi connectivity index (χ0) is 18.9. The average Bonchev–Trinajstić information content (AvgIpc) is 2.96. The van der Waals surface area contributed by atoms with Crippen LogP contribution in [0, 0.1) is 5.82 Å². The van der Waals surface area contributed by atoms with Crippen LogP contribution in [0.15, 0.2) is 53.4 Å². The Morgan fingerprint density at radius 2 is 1.77 bits per heavy atom. The van der Waals surface area contributed by atoms with E-state index in [1.165, 1.54) is 30.3 Å². The number of urea groups is 1. The normalized spacial score (nSPS) is 15.0. The van der Waals surface area contributed by atoms with Crippen LogP contribution in [0.5, 0.6) is 5.75 Å². The fourth-order valence-electron chi connectivity index (χ4n) is 2.76. The molecule has 8 heteroatoms. The van der Waals surface area contributed by atoms with Gasteiger partial charge in [-0.2, -0.15) is 8.42 Å². The summed E-state index contributed by atoms with van der Waals surface area (Å²) in [5.74, 6) is -0.688. The number of hydrogen-bond acceptors (Lipinski definition) is 4. The summed E-state index contributed by atoms with van der Waals surface area (Å²) in [5, 5.41) is 0. The second-order valence-electron chi connectivity index (χ2n) is 6.21. The number of halogens is 1. The standard InChI is InChI=1S/C18H19FN2O4S/c1-13(2)20-10-11-21(18(20)22)15-6-8-17(9-7-15)26(23,24)25-16-5-3-4-14(19)12-16/h3-9,12-13H,10-11H2,1-2H3. The number of benzene rings is 2. The van der Waals surface area contributed by atoms with Crippen molar-refractivity contribution in [2.75, 3.05) is 18.0 Å². The summed E-state index contributed by atoms with van der Waals surface area (Å²) in [5.41, 5.74) is 0.614. The van der Waals surface area contributed by atoms with E-state index in [4.69, 9.17) is 4.18 Å². The Morgan fingerprint density at radius 1 is 1.08 bits per heavy atom. The molecule has 0 radical (unpaired) electrons. The van der Waals surface area contributed by atoms with Gasteiger partial charge < -0.3 is 9.08 Å². The van der Waals surface area contributed by atoms with Gasteiger partial charge in [0.1, 0.15) is 16.5 Å². The number of carbonyl (C=O) groups excluding carboxylic acids is 1. The van der Waals surface area contributed by atoms with Gasteiger partial charge in [0, 0.05) is 30.9 Å². The summed E-state index contributed by atoms with van der Waals surface area (Å²) in [4.78, 5) is 15.7. The molecule has 0 bridgehead atoms. The number of rotatable bonds is 5. The van der Waals surface area contributed by atoms with Gasteiger partial charge in [0.2, 0.25) is 0 Å². The largest absolute Gasteiger partial charge is 0.379 e. The predicted octanol–water partition coefficient (Wildman–Crippen LogP) is 3.24. The maximum Gasteiger partial charge on any atom is 0.339 e. The zero-order valence-corrected chi connectivity index (χ0v) is 15.2. The van der Waals surface area contributed by atoms with Crippen LogP contribution < -0.4 is 9.08 Å². The van der Waals surface area contributed by atoms with Gasteiger partial charge in [-0.15, -0.1) is 0 Å². The summed E-state index contributed by atoms with van der Waals surface area (Å²) in [6.45, 7) is 5.06. The van der Waals surface area contributed by atoms with Gasteiger partial charge in [0.25, 0.3) is 0 Å². The van der Waals surface area contributed by atoms with E-state index in [9.17, 15) is 17.6 Å². The van der Waals surface area contributed by atoms with E-state index >= 15 is 0 Å². The Labute approximate surface area is 151 Å². The van der Waals surface area contributed by atoms with Crippen molar-refractivity contribution < 1.29 is 21.8 Å². The van der Waals surface area contributed by atoms with Crippen molar-refractivity contribution in [2.45, 2.75) is 24.8 Å². The molecule has 0 unspecified atom stereocenters. The van der Waals surface area contributed by atoms with Crippen LogP contribution >= 0.6 is 0 Å². The lowest BCUT2D eigenvalue weighted by atomic mass is 10.3. The molecule has 2 aromatic rings. The summed E-state index contributed by atoms with van der Waals surface area (Å²) >= 11 is 0. The van der Waals surface area contributed by atoms with Crippen molar-refractivity contribution in [3.05, 3.63) is 54.3 Å². The molecule has 0 atom stereocenters. The van der Waals surface area contributed by atoms with Crippen LogP contribution in [0.25, 0.3) is 0 Å². The lowest BCUT2D eigenvalue weighted by Crippen LogP contribution is -2.36. The van der Waals surface area contributed by atoms with Gasteiger partial charge in [0.05, 0.1) is 0 Å². The fourth-order valence-corrected chi connectivity index (χ4v) is 3.68. The van der Waals surface area contributed by atoms with E-state index in [2.05, 4.69) is 0 Å². The molecular weight excluding hydrogens is 359 g/mol. The maximum atomic E-state index is 13.2. The zero-order valence-electron chi connectivity index (χ0n) is 14.4. The predicted molar refractivity (Wildman–Crippen MR) is 95.2 cm³/mol. The van der Waals surface area contributed by atoms with E-state index in [1.54, 1.807) is 21.9 Å². The first-order chi connectivity index (χ1) is 12.3. The molecule has 1 saturated heterocycles. The highest BCUT2D eigenvalue weighted by molar-refractivity contribution is 7.87. The first kappa shape index (κ1) is 18.2. The molecule has 2 aromatic carbocycles. The van der Waals surface area contributed by atoms with Crippen LogP contribution in [0.2, 0.25) is 0 Å². The van der Waals surface area contributed by atoms with E-state index in [0.29, 0.717) is 18.8 Å². The van der Waals surface area contributed by atoms with Crippen LogP contribution in [-0.4, -0.2) is 38.5 Å². The first-order valence-corrected chi connectivity index (χ1v) is 9.57. The molecule has 6 nitrogen and oxygen atoms in total. The second kappa shape index (κ2) is 6.95. The Bertz CT molecular complexity index is 913. The topological polar surface area (TPSA) is 66.9 Å². The van der Waals surface area contributed by atoms with Crippen molar-refractivity contribution in [2.24, 2.45) is 0 Å². The molecule has 3 rings (SSSR count). The molecule has 0 saturated carbocycles. The Morgan fingerprint density at radius 3 is 2.35 bits per heavy atom. The molecule has 1 aliphatic rings. The van der Waals surface area contributed by atoms with Crippen molar-refractivity contribution >= 4 is 21.8 Å². The van der Waals surface area contributed by atoms with E-state index < -0.39 is 15.9 Å². The highest BCUT2D eigenvalue weighted by atomic mass is 32.2. The molecule has 2 amide bonds. The lowest BCUT2D eigenvalue weighted by molar-refractivity contribution is 0.209. The average molecular weight is 378 g/mol. The molecule has 0 aliphatic carbocycles. The number of nitrogens with zero attached hydrogens (tertiary/aromatic N) is 2. The van der Waals surface area contributed by atoms with Crippen LogP contribution in [-0.2, 0) is 10.1 Å². The Balaban J connectivity index is 1.78. The van der Waals surface area contributed by atoms with Crippen molar-refractivity contribution in [3.8, 4) is 5.75 Å². The third-order valence-electron chi connectivity index (χ3n) is 4.10. The summed E-state index contributed by atoms with van der Waals surface area (Å²) < 4.78 is 42.8. The van der Waals surface area contributed by atoms with Crippen LogP contribution in [0.4, 0.5) is 14.9 Å². The minimum atomic E-state index is -4.09. The minimum Gasteiger partial charge on any atom is -0.379 e. The molecule has 1 heterocycles. The maximum absolute atomic E-state index is 13.2. The van der Waals surface area contributed by atoms with Gasteiger partial charge >= 0.3 is 16.1 Å². The third-order valence-corrected chi connectivity index (χ3v) is 5.36. The van der Waals surface area contributed by atoms with E-state index in [-0.39, 0.29) is 22.7 Å². The number of carbonyl (C=O) groups is 1. The Kier molecular flexibility index (Phi) is 4.86. The summed E-state index contributed by atoms with van der Waals surface area (Å²) in [6, 6.07) is 10.8. The van der Waals surface area contributed by atoms with E-state index in [0.717, 1.165) is 6.07 Å². The molecule has 1 aliphatic heterocycles. The smallest absolute Gasteiger partial charge is 0.339 e. The molecule has 138 valence electrons.